The predicted octanol–water partition coefficient (Wildman–Crippen LogP) is 3.21. The summed E-state index contributed by atoms with van der Waals surface area (Å²) in [6, 6.07) is 12.4. The molecule has 3 heteroatoms. The summed E-state index contributed by atoms with van der Waals surface area (Å²) in [5.74, 6) is 0.614. The van der Waals surface area contributed by atoms with Crippen molar-refractivity contribution in [3.63, 3.8) is 0 Å². The van der Waals surface area contributed by atoms with Crippen LogP contribution in [-0.2, 0) is 13.0 Å². The Balaban J connectivity index is 2.08. The molecule has 2 aromatic rings. The minimum Gasteiger partial charge on any atom is -0.489 e. The third kappa shape index (κ3) is 3.80. The molecule has 2 N–H and O–H groups in total. The molecule has 0 aliphatic carbocycles. The van der Waals surface area contributed by atoms with Gasteiger partial charge in [0.25, 0.3) is 0 Å². The van der Waals surface area contributed by atoms with Crippen molar-refractivity contribution >= 4 is 0 Å². The van der Waals surface area contributed by atoms with Crippen molar-refractivity contribution < 1.29 is 9.13 Å². The van der Waals surface area contributed by atoms with E-state index in [0.717, 1.165) is 23.3 Å². The first kappa shape index (κ1) is 13.6. The first-order valence-electron chi connectivity index (χ1n) is 6.36. The van der Waals surface area contributed by atoms with Gasteiger partial charge >= 0.3 is 0 Å². The molecule has 2 aromatic carbocycles. The smallest absolute Gasteiger partial charge is 0.123 e. The monoisotopic (exact) mass is 259 g/mol. The maximum atomic E-state index is 12.8. The van der Waals surface area contributed by atoms with E-state index in [1.807, 2.05) is 19.1 Å². The molecule has 0 amide bonds. The molecule has 0 aliphatic rings. The molecule has 19 heavy (non-hydrogen) atoms. The summed E-state index contributed by atoms with van der Waals surface area (Å²) in [5, 5.41) is 0. The van der Waals surface area contributed by atoms with E-state index in [4.69, 9.17) is 10.5 Å². The van der Waals surface area contributed by atoms with Gasteiger partial charge in [0, 0.05) is 0 Å². The molecule has 0 heterocycles. The van der Waals surface area contributed by atoms with Crippen LogP contribution in [0.5, 0.6) is 5.75 Å². The van der Waals surface area contributed by atoms with Gasteiger partial charge in [-0.15, -0.1) is 0 Å². The average Bonchev–Trinajstić information content (AvgIpc) is 2.40. The third-order valence-corrected chi connectivity index (χ3v) is 2.94. The summed E-state index contributed by atoms with van der Waals surface area (Å²) in [4.78, 5) is 0. The molecule has 0 fully saturated rings. The minimum absolute atomic E-state index is 0.233. The molecule has 0 atom stereocenters. The normalized spacial score (nSPS) is 10.5. The number of halogens is 1. The summed E-state index contributed by atoms with van der Waals surface area (Å²) in [6.45, 7) is 3.07. The van der Waals surface area contributed by atoms with E-state index in [-0.39, 0.29) is 5.82 Å². The zero-order chi connectivity index (χ0) is 13.7. The second kappa shape index (κ2) is 6.34. The van der Waals surface area contributed by atoms with Gasteiger partial charge in [0.2, 0.25) is 0 Å². The van der Waals surface area contributed by atoms with Gasteiger partial charge in [-0.1, -0.05) is 29.8 Å². The number of aryl methyl sites for hydroxylation is 1. The Hall–Kier alpha value is -1.87. The first-order valence-corrected chi connectivity index (χ1v) is 6.36. The quantitative estimate of drug-likeness (QED) is 0.894. The van der Waals surface area contributed by atoms with Crippen LogP contribution in [0.1, 0.15) is 16.7 Å². The summed E-state index contributed by atoms with van der Waals surface area (Å²) >= 11 is 0. The molecular formula is C16H18FNO. The Labute approximate surface area is 113 Å². The van der Waals surface area contributed by atoms with Crippen molar-refractivity contribution in [1.82, 2.24) is 0 Å². The van der Waals surface area contributed by atoms with Crippen molar-refractivity contribution in [2.45, 2.75) is 20.0 Å². The summed E-state index contributed by atoms with van der Waals surface area (Å²) in [5.41, 5.74) is 8.86. The van der Waals surface area contributed by atoms with Gasteiger partial charge in [-0.05, 0) is 49.2 Å². The molecule has 2 nitrogen and oxygen atoms in total. The second-order valence-corrected chi connectivity index (χ2v) is 4.56. The molecule has 0 saturated carbocycles. The first-order chi connectivity index (χ1) is 9.19. The van der Waals surface area contributed by atoms with Gasteiger partial charge in [0.1, 0.15) is 18.2 Å². The highest BCUT2D eigenvalue weighted by molar-refractivity contribution is 5.37. The van der Waals surface area contributed by atoms with Crippen LogP contribution in [0.2, 0.25) is 0 Å². The number of ether oxygens (including phenoxy) is 1. The molecular weight excluding hydrogens is 241 g/mol. The lowest BCUT2D eigenvalue weighted by Crippen LogP contribution is -2.06. The molecule has 0 radical (unpaired) electrons. The number of rotatable bonds is 5. The van der Waals surface area contributed by atoms with E-state index in [9.17, 15) is 4.39 Å². The van der Waals surface area contributed by atoms with E-state index in [1.165, 1.54) is 17.7 Å². The zero-order valence-corrected chi connectivity index (χ0v) is 11.0. The van der Waals surface area contributed by atoms with Gasteiger partial charge in [0.15, 0.2) is 0 Å². The lowest BCUT2D eigenvalue weighted by atomic mass is 10.1. The van der Waals surface area contributed by atoms with Crippen LogP contribution in [0.3, 0.4) is 0 Å². The van der Waals surface area contributed by atoms with Crippen LogP contribution in [0.25, 0.3) is 0 Å². The third-order valence-electron chi connectivity index (χ3n) is 2.94. The number of hydrogen-bond donors (Lipinski definition) is 1. The molecule has 0 aliphatic heterocycles. The van der Waals surface area contributed by atoms with E-state index in [1.54, 1.807) is 12.1 Å². The van der Waals surface area contributed by atoms with E-state index in [0.29, 0.717) is 13.2 Å². The average molecular weight is 259 g/mol. The number of benzene rings is 2. The van der Waals surface area contributed by atoms with E-state index in [2.05, 4.69) is 6.07 Å². The SMILES string of the molecule is Cc1ccc(OCc2ccc(F)cc2)c(CCN)c1. The molecule has 100 valence electrons. The van der Waals surface area contributed by atoms with Crippen molar-refractivity contribution in [2.75, 3.05) is 6.54 Å². The molecule has 0 bridgehead atoms. The van der Waals surface area contributed by atoms with Crippen LogP contribution in [0.4, 0.5) is 4.39 Å². The van der Waals surface area contributed by atoms with Gasteiger partial charge in [-0.25, -0.2) is 4.39 Å². The fraction of sp³-hybridized carbons (Fsp3) is 0.250. The van der Waals surface area contributed by atoms with Gasteiger partial charge in [0.05, 0.1) is 0 Å². The second-order valence-electron chi connectivity index (χ2n) is 4.56. The Kier molecular flexibility index (Phi) is 4.53. The number of hydrogen-bond acceptors (Lipinski definition) is 2. The van der Waals surface area contributed by atoms with Crippen LogP contribution in [0.15, 0.2) is 42.5 Å². The minimum atomic E-state index is -0.233. The molecule has 0 unspecified atom stereocenters. The predicted molar refractivity (Wildman–Crippen MR) is 74.7 cm³/mol. The van der Waals surface area contributed by atoms with Crippen LogP contribution in [-0.4, -0.2) is 6.54 Å². The Morgan fingerprint density at radius 1 is 1.11 bits per heavy atom. The van der Waals surface area contributed by atoms with E-state index < -0.39 is 0 Å². The van der Waals surface area contributed by atoms with Crippen molar-refractivity contribution in [3.8, 4) is 5.75 Å². The van der Waals surface area contributed by atoms with Gasteiger partial charge < -0.3 is 10.5 Å². The number of nitrogens with two attached hydrogens (primary N) is 1. The zero-order valence-electron chi connectivity index (χ0n) is 11.0. The lowest BCUT2D eigenvalue weighted by Gasteiger charge is -2.12. The highest BCUT2D eigenvalue weighted by Crippen LogP contribution is 2.21. The highest BCUT2D eigenvalue weighted by Gasteiger charge is 2.04. The topological polar surface area (TPSA) is 35.2 Å². The summed E-state index contributed by atoms with van der Waals surface area (Å²) in [7, 11) is 0. The standard InChI is InChI=1S/C16H18FNO/c1-12-2-7-16(14(10-12)8-9-18)19-11-13-3-5-15(17)6-4-13/h2-7,10H,8-9,11,18H2,1H3. The largest absolute Gasteiger partial charge is 0.489 e. The Morgan fingerprint density at radius 3 is 2.53 bits per heavy atom. The maximum absolute atomic E-state index is 12.8. The van der Waals surface area contributed by atoms with E-state index >= 15 is 0 Å². The van der Waals surface area contributed by atoms with Crippen molar-refractivity contribution in [1.29, 1.82) is 0 Å². The molecule has 0 saturated heterocycles. The Morgan fingerprint density at radius 2 is 1.84 bits per heavy atom. The fourth-order valence-corrected chi connectivity index (χ4v) is 1.94. The highest BCUT2D eigenvalue weighted by atomic mass is 19.1. The summed E-state index contributed by atoms with van der Waals surface area (Å²) in [6.07, 6.45) is 0.792. The maximum Gasteiger partial charge on any atom is 0.123 e. The van der Waals surface area contributed by atoms with Crippen LogP contribution >= 0.6 is 0 Å². The summed E-state index contributed by atoms with van der Waals surface area (Å²) < 4.78 is 18.6. The van der Waals surface area contributed by atoms with Crippen LogP contribution < -0.4 is 10.5 Å². The molecule has 0 aromatic heterocycles. The molecule has 0 spiro atoms. The molecule has 2 rings (SSSR count). The van der Waals surface area contributed by atoms with Crippen LogP contribution in [0, 0.1) is 12.7 Å². The fourth-order valence-electron chi connectivity index (χ4n) is 1.94. The van der Waals surface area contributed by atoms with Crippen molar-refractivity contribution in [2.24, 2.45) is 5.73 Å². The van der Waals surface area contributed by atoms with Gasteiger partial charge in [-0.2, -0.15) is 0 Å². The lowest BCUT2D eigenvalue weighted by molar-refractivity contribution is 0.303. The van der Waals surface area contributed by atoms with Crippen molar-refractivity contribution in [3.05, 3.63) is 65.0 Å². The Bertz CT molecular complexity index is 537. The van der Waals surface area contributed by atoms with Gasteiger partial charge in [-0.3, -0.25) is 0 Å².